The lowest BCUT2D eigenvalue weighted by atomic mass is 9.88. The fraction of sp³-hybridized carbons (Fsp3) is 0.447. The Hall–Kier alpha value is -4.05. The number of hydrogen-bond acceptors (Lipinski definition) is 7. The Kier molecular flexibility index (Phi) is 10.3. The molecule has 248 valence electrons. The molecule has 0 spiro atoms. The van der Waals surface area contributed by atoms with Gasteiger partial charge >= 0.3 is 0 Å². The number of ether oxygens (including phenoxy) is 3. The Bertz CT molecular complexity index is 1620. The molecule has 3 aromatic carbocycles. The molecule has 3 aliphatic rings. The van der Waals surface area contributed by atoms with Crippen LogP contribution in [0.1, 0.15) is 65.2 Å². The third-order valence-corrected chi connectivity index (χ3v) is 9.77. The monoisotopic (exact) mass is 638 g/mol. The lowest BCUT2D eigenvalue weighted by molar-refractivity contribution is -0.119. The van der Waals surface area contributed by atoms with Crippen LogP contribution in [0, 0.1) is 6.92 Å². The first kappa shape index (κ1) is 32.9. The normalized spacial score (nSPS) is 18.8. The smallest absolute Gasteiger partial charge is 0.255 e. The van der Waals surface area contributed by atoms with Crippen LogP contribution >= 0.6 is 0 Å². The van der Waals surface area contributed by atoms with E-state index in [4.69, 9.17) is 14.2 Å². The molecule has 3 heterocycles. The molecule has 9 heteroatoms. The molecule has 6 rings (SSSR count). The molecular formula is C38H46N4O5. The number of rotatable bonds is 10. The van der Waals surface area contributed by atoms with Gasteiger partial charge in [-0.05, 0) is 91.8 Å². The van der Waals surface area contributed by atoms with Crippen LogP contribution in [0.15, 0.2) is 59.6 Å². The van der Waals surface area contributed by atoms with Crippen molar-refractivity contribution in [2.45, 2.75) is 52.1 Å². The van der Waals surface area contributed by atoms with E-state index in [1.807, 2.05) is 38.1 Å². The minimum atomic E-state index is -0.593. The number of methoxy groups -OCH3 is 1. The quantitative estimate of drug-likeness (QED) is 0.319. The van der Waals surface area contributed by atoms with Crippen LogP contribution < -0.4 is 15.0 Å². The van der Waals surface area contributed by atoms with Crippen molar-refractivity contribution in [2.24, 2.45) is 4.99 Å². The molecule has 0 radical (unpaired) electrons. The molecule has 9 nitrogen and oxygen atoms in total. The maximum absolute atomic E-state index is 14.1. The summed E-state index contributed by atoms with van der Waals surface area (Å²) in [6.07, 6.45) is 1.89. The van der Waals surface area contributed by atoms with Gasteiger partial charge in [-0.3, -0.25) is 14.5 Å². The first-order valence-corrected chi connectivity index (χ1v) is 16.8. The predicted molar refractivity (Wildman–Crippen MR) is 185 cm³/mol. The summed E-state index contributed by atoms with van der Waals surface area (Å²) in [4.78, 5) is 36.3. The molecule has 3 aromatic rings. The molecule has 2 fully saturated rings. The van der Waals surface area contributed by atoms with E-state index in [0.717, 1.165) is 99.0 Å². The zero-order valence-electron chi connectivity index (χ0n) is 28.0. The minimum absolute atomic E-state index is 0.140. The Morgan fingerprint density at radius 3 is 2.40 bits per heavy atom. The van der Waals surface area contributed by atoms with Crippen LogP contribution in [0.4, 0.5) is 5.69 Å². The van der Waals surface area contributed by atoms with Gasteiger partial charge in [-0.1, -0.05) is 24.3 Å². The number of hydrogen-bond donors (Lipinski definition) is 1. The summed E-state index contributed by atoms with van der Waals surface area (Å²) >= 11 is 0. The number of anilines is 1. The maximum atomic E-state index is 14.1. The van der Waals surface area contributed by atoms with Gasteiger partial charge in [-0.2, -0.15) is 0 Å². The summed E-state index contributed by atoms with van der Waals surface area (Å²) in [5.74, 6) is -0.395. The Morgan fingerprint density at radius 2 is 1.70 bits per heavy atom. The van der Waals surface area contributed by atoms with Crippen LogP contribution in [0.5, 0.6) is 5.75 Å². The number of fused-ring (bicyclic) bond motifs is 1. The topological polar surface area (TPSA) is 92.7 Å². The Morgan fingerprint density at radius 1 is 0.979 bits per heavy atom. The lowest BCUT2D eigenvalue weighted by Gasteiger charge is -2.37. The second-order valence-corrected chi connectivity index (χ2v) is 12.6. The van der Waals surface area contributed by atoms with E-state index in [0.29, 0.717) is 23.1 Å². The summed E-state index contributed by atoms with van der Waals surface area (Å²) in [7, 11) is 1.61. The van der Waals surface area contributed by atoms with Crippen LogP contribution in [0.2, 0.25) is 0 Å². The van der Waals surface area contributed by atoms with Crippen molar-refractivity contribution in [1.82, 2.24) is 10.2 Å². The molecule has 2 amide bonds. The average molecular weight is 639 g/mol. The predicted octanol–water partition coefficient (Wildman–Crippen LogP) is 5.37. The van der Waals surface area contributed by atoms with E-state index in [9.17, 15) is 9.59 Å². The number of nitrogens with zero attached hydrogens (tertiary/aromatic N) is 3. The van der Waals surface area contributed by atoms with Crippen LogP contribution in [-0.4, -0.2) is 88.2 Å². The zero-order valence-corrected chi connectivity index (χ0v) is 28.0. The molecule has 1 atom stereocenters. The van der Waals surface area contributed by atoms with E-state index < -0.39 is 5.92 Å². The summed E-state index contributed by atoms with van der Waals surface area (Å²) < 4.78 is 16.6. The van der Waals surface area contributed by atoms with Crippen molar-refractivity contribution in [3.8, 4) is 16.9 Å². The standard InChI is InChI=1S/C38H46N4O5/c1-5-42(30-12-16-46-17-13-30)36-21-29(28-8-6-27(7-9-28)24-41-14-18-47-19-15-41)20-33(25(36)2)37(43)39-23-35-34-22-31(45-4)10-11-32(34)26(3)40-38(35)44/h6-11,20-22,30,35H,5,12-19,23-24H2,1-4H3,(H,39,43). The van der Waals surface area contributed by atoms with Crippen LogP contribution in [0.25, 0.3) is 11.1 Å². The molecule has 2 saturated heterocycles. The molecule has 0 aliphatic carbocycles. The molecule has 1 N–H and O–H groups in total. The van der Waals surface area contributed by atoms with Crippen LogP contribution in [-0.2, 0) is 20.8 Å². The van der Waals surface area contributed by atoms with Gasteiger partial charge in [0.2, 0.25) is 0 Å². The van der Waals surface area contributed by atoms with Gasteiger partial charge in [-0.25, -0.2) is 4.99 Å². The van der Waals surface area contributed by atoms with Gasteiger partial charge in [0.05, 0.1) is 26.2 Å². The van der Waals surface area contributed by atoms with Gasteiger partial charge < -0.3 is 24.4 Å². The fourth-order valence-corrected chi connectivity index (χ4v) is 7.05. The zero-order chi connectivity index (χ0) is 32.9. The number of morpholine rings is 1. The van der Waals surface area contributed by atoms with Crippen molar-refractivity contribution < 1.29 is 23.8 Å². The van der Waals surface area contributed by atoms with E-state index in [1.165, 1.54) is 5.56 Å². The SMILES string of the molecule is CCN(c1cc(-c2ccc(CN3CCOCC3)cc2)cc(C(=O)NCC2C(=O)N=C(C)c3ccc(OC)cc32)c1C)C1CCOCC1. The molecular weight excluding hydrogens is 592 g/mol. The number of carbonyl (C=O) groups excluding carboxylic acids is 2. The fourth-order valence-electron chi connectivity index (χ4n) is 7.05. The first-order valence-electron chi connectivity index (χ1n) is 16.8. The van der Waals surface area contributed by atoms with E-state index >= 15 is 0 Å². The summed E-state index contributed by atoms with van der Waals surface area (Å²) in [6, 6.07) is 18.9. The summed E-state index contributed by atoms with van der Waals surface area (Å²) in [5.41, 5.74) is 8.29. The van der Waals surface area contributed by atoms with Gasteiger partial charge in [0.15, 0.2) is 0 Å². The van der Waals surface area contributed by atoms with Crippen LogP contribution in [0.3, 0.4) is 0 Å². The molecule has 47 heavy (non-hydrogen) atoms. The van der Waals surface area contributed by atoms with Crippen molar-refractivity contribution in [3.63, 3.8) is 0 Å². The lowest BCUT2D eigenvalue weighted by Crippen LogP contribution is -2.40. The highest BCUT2D eigenvalue weighted by Gasteiger charge is 2.30. The summed E-state index contributed by atoms with van der Waals surface area (Å²) in [5, 5.41) is 3.11. The highest BCUT2D eigenvalue weighted by atomic mass is 16.5. The van der Waals surface area contributed by atoms with Gasteiger partial charge in [-0.15, -0.1) is 0 Å². The molecule has 1 unspecified atom stereocenters. The second-order valence-electron chi connectivity index (χ2n) is 12.6. The maximum Gasteiger partial charge on any atom is 0.255 e. The third kappa shape index (κ3) is 7.27. The van der Waals surface area contributed by atoms with Crippen molar-refractivity contribution in [2.75, 3.05) is 64.6 Å². The van der Waals surface area contributed by atoms with Gasteiger partial charge in [0, 0.05) is 74.5 Å². The Labute approximate surface area is 277 Å². The number of benzene rings is 3. The summed E-state index contributed by atoms with van der Waals surface area (Å²) in [6.45, 7) is 12.8. The number of amides is 2. The molecule has 0 aromatic heterocycles. The minimum Gasteiger partial charge on any atom is -0.497 e. The largest absolute Gasteiger partial charge is 0.497 e. The number of aliphatic imine (C=N–C) groups is 1. The third-order valence-electron chi connectivity index (χ3n) is 9.77. The highest BCUT2D eigenvalue weighted by molar-refractivity contribution is 6.11. The highest BCUT2D eigenvalue weighted by Crippen LogP contribution is 2.35. The van der Waals surface area contributed by atoms with E-state index in [-0.39, 0.29) is 18.4 Å². The average Bonchev–Trinajstić information content (AvgIpc) is 3.10. The van der Waals surface area contributed by atoms with Crippen molar-refractivity contribution in [3.05, 3.63) is 82.4 Å². The van der Waals surface area contributed by atoms with E-state index in [1.54, 1.807) is 7.11 Å². The number of carbonyl (C=O) groups is 2. The number of nitrogens with one attached hydrogen (secondary N) is 1. The first-order chi connectivity index (χ1) is 22.9. The van der Waals surface area contributed by atoms with Gasteiger partial charge in [0.1, 0.15) is 5.75 Å². The second kappa shape index (κ2) is 14.8. The van der Waals surface area contributed by atoms with E-state index in [2.05, 4.69) is 57.4 Å². The van der Waals surface area contributed by atoms with Crippen molar-refractivity contribution >= 4 is 23.2 Å². The van der Waals surface area contributed by atoms with Crippen molar-refractivity contribution in [1.29, 1.82) is 0 Å². The molecule has 0 saturated carbocycles. The Balaban J connectivity index is 1.30. The van der Waals surface area contributed by atoms with Gasteiger partial charge in [0.25, 0.3) is 11.8 Å². The molecule has 0 bridgehead atoms. The molecule has 3 aliphatic heterocycles.